The first-order valence-electron chi connectivity index (χ1n) is 9.86. The van der Waals surface area contributed by atoms with Crippen molar-refractivity contribution in [2.45, 2.75) is 6.61 Å². The fourth-order valence-electron chi connectivity index (χ4n) is 3.91. The molecular weight excluding hydrogens is 454 g/mol. The lowest BCUT2D eigenvalue weighted by molar-refractivity contribution is 0.0472. The average Bonchev–Trinajstić information content (AvgIpc) is 3.17. The molecule has 31 heavy (non-hydrogen) atoms. The molecule has 2 N–H and O–H groups in total. The summed E-state index contributed by atoms with van der Waals surface area (Å²) < 4.78 is 6.47. The van der Waals surface area contributed by atoms with Crippen molar-refractivity contribution in [2.24, 2.45) is 0 Å². The van der Waals surface area contributed by atoms with E-state index in [9.17, 15) is 9.90 Å². The third-order valence-electron chi connectivity index (χ3n) is 5.34. The maximum absolute atomic E-state index is 13.1. The first kappa shape index (κ1) is 19.4. The highest BCUT2D eigenvalue weighted by atomic mass is 79.9. The number of nitrogens with one attached hydrogen (secondary N) is 1. The highest BCUT2D eigenvalue weighted by Crippen LogP contribution is 2.42. The van der Waals surface area contributed by atoms with Crippen molar-refractivity contribution < 1.29 is 14.6 Å². The molecule has 0 unspecified atom stereocenters. The van der Waals surface area contributed by atoms with E-state index in [0.29, 0.717) is 5.39 Å². The van der Waals surface area contributed by atoms with Crippen LogP contribution in [-0.4, -0.2) is 16.1 Å². The zero-order valence-electron chi connectivity index (χ0n) is 16.4. The van der Waals surface area contributed by atoms with E-state index in [0.717, 1.165) is 37.6 Å². The van der Waals surface area contributed by atoms with Gasteiger partial charge in [-0.1, -0.05) is 82.7 Å². The summed E-state index contributed by atoms with van der Waals surface area (Å²) >= 11 is 3.60. The molecular formula is C26H18BrNO3. The van der Waals surface area contributed by atoms with Crippen molar-refractivity contribution in [3.8, 4) is 16.9 Å². The molecule has 4 nitrogen and oxygen atoms in total. The third-order valence-corrected chi connectivity index (χ3v) is 6.04. The number of aromatic nitrogens is 1. The van der Waals surface area contributed by atoms with Crippen LogP contribution in [0.2, 0.25) is 0 Å². The molecule has 0 aliphatic rings. The molecule has 5 rings (SSSR count). The van der Waals surface area contributed by atoms with Gasteiger partial charge in [-0.15, -0.1) is 0 Å². The van der Waals surface area contributed by atoms with Crippen LogP contribution in [0.3, 0.4) is 0 Å². The summed E-state index contributed by atoms with van der Waals surface area (Å²) in [5, 5.41) is 12.5. The van der Waals surface area contributed by atoms with Crippen molar-refractivity contribution in [3.63, 3.8) is 0 Å². The number of phenolic OH excluding ortho intramolecular Hbond substituents is 1. The van der Waals surface area contributed by atoms with Gasteiger partial charge in [0.05, 0.1) is 5.52 Å². The molecule has 0 aliphatic carbocycles. The number of halogens is 1. The van der Waals surface area contributed by atoms with E-state index in [2.05, 4.69) is 20.9 Å². The molecule has 5 aromatic rings. The zero-order valence-corrected chi connectivity index (χ0v) is 18.0. The van der Waals surface area contributed by atoms with Gasteiger partial charge < -0.3 is 14.8 Å². The Kier molecular flexibility index (Phi) is 4.96. The maximum Gasteiger partial charge on any atom is 0.342 e. The van der Waals surface area contributed by atoms with Gasteiger partial charge in [0.1, 0.15) is 17.9 Å². The minimum atomic E-state index is -0.560. The van der Waals surface area contributed by atoms with E-state index in [1.165, 1.54) is 0 Å². The quantitative estimate of drug-likeness (QED) is 0.283. The topological polar surface area (TPSA) is 62.3 Å². The second-order valence-electron chi connectivity index (χ2n) is 7.28. The standard InChI is InChI=1S/C26H18BrNO3/c27-20-12-6-4-10-17(20)19-14-22(29)24(26(30)31-15-16-8-2-1-3-9-16)23-18-11-5-7-13-21(18)28-25(19)23/h1-14,28-29H,15H2. The van der Waals surface area contributed by atoms with Gasteiger partial charge in [0, 0.05) is 26.3 Å². The Bertz CT molecular complexity index is 1420. The van der Waals surface area contributed by atoms with Crippen molar-refractivity contribution in [1.82, 2.24) is 4.98 Å². The number of benzene rings is 4. The maximum atomic E-state index is 13.1. The van der Waals surface area contributed by atoms with E-state index >= 15 is 0 Å². The Balaban J connectivity index is 1.70. The number of hydrogen-bond donors (Lipinski definition) is 2. The van der Waals surface area contributed by atoms with Crippen LogP contribution >= 0.6 is 15.9 Å². The van der Waals surface area contributed by atoms with Gasteiger partial charge in [0.15, 0.2) is 0 Å². The summed E-state index contributed by atoms with van der Waals surface area (Å²) in [5.41, 5.74) is 4.43. The number of ether oxygens (including phenoxy) is 1. The van der Waals surface area contributed by atoms with Crippen LogP contribution in [0.25, 0.3) is 32.9 Å². The second-order valence-corrected chi connectivity index (χ2v) is 8.13. The molecule has 4 aromatic carbocycles. The molecule has 0 fully saturated rings. The summed E-state index contributed by atoms with van der Waals surface area (Å²) in [4.78, 5) is 16.5. The molecule has 0 amide bonds. The summed E-state index contributed by atoms with van der Waals surface area (Å²) in [6.45, 7) is 0.134. The molecule has 0 aliphatic heterocycles. The number of H-pyrrole nitrogens is 1. The molecule has 0 saturated heterocycles. The molecule has 5 heteroatoms. The summed E-state index contributed by atoms with van der Waals surface area (Å²) in [5.74, 6) is -0.671. The SMILES string of the molecule is O=C(OCc1ccccc1)c1c(O)cc(-c2ccccc2Br)c2[nH]c3ccccc3c12. The lowest BCUT2D eigenvalue weighted by Crippen LogP contribution is -2.06. The number of aromatic hydroxyl groups is 1. The van der Waals surface area contributed by atoms with Crippen molar-refractivity contribution >= 4 is 43.7 Å². The number of fused-ring (bicyclic) bond motifs is 3. The van der Waals surface area contributed by atoms with Crippen molar-refractivity contribution in [1.29, 1.82) is 0 Å². The van der Waals surface area contributed by atoms with Gasteiger partial charge in [0.25, 0.3) is 0 Å². The zero-order chi connectivity index (χ0) is 21.4. The fraction of sp³-hybridized carbons (Fsp3) is 0.0385. The third kappa shape index (κ3) is 3.47. The predicted octanol–water partition coefficient (Wildman–Crippen LogP) is 6.81. The van der Waals surface area contributed by atoms with Crippen LogP contribution in [0, 0.1) is 0 Å². The number of phenols is 1. The summed E-state index contributed by atoms with van der Waals surface area (Å²) in [7, 11) is 0. The molecule has 152 valence electrons. The minimum Gasteiger partial charge on any atom is -0.507 e. The molecule has 0 spiro atoms. The van der Waals surface area contributed by atoms with Crippen LogP contribution in [0.1, 0.15) is 15.9 Å². The first-order chi connectivity index (χ1) is 15.1. The van der Waals surface area contributed by atoms with Gasteiger partial charge in [-0.2, -0.15) is 0 Å². The van der Waals surface area contributed by atoms with E-state index < -0.39 is 5.97 Å². The summed E-state index contributed by atoms with van der Waals surface area (Å²) in [6, 6.07) is 26.6. The van der Waals surface area contributed by atoms with Gasteiger partial charge >= 0.3 is 5.97 Å². The summed E-state index contributed by atoms with van der Waals surface area (Å²) in [6.07, 6.45) is 0. The largest absolute Gasteiger partial charge is 0.507 e. The fourth-order valence-corrected chi connectivity index (χ4v) is 4.41. The normalized spacial score (nSPS) is 11.1. The highest BCUT2D eigenvalue weighted by Gasteiger charge is 2.24. The number of aromatic amines is 1. The second kappa shape index (κ2) is 7.93. The molecule has 0 atom stereocenters. The lowest BCUT2D eigenvalue weighted by Gasteiger charge is -2.12. The Morgan fingerprint density at radius 1 is 0.903 bits per heavy atom. The number of carbonyl (C=O) groups excluding carboxylic acids is 1. The monoisotopic (exact) mass is 471 g/mol. The van der Waals surface area contributed by atoms with Crippen molar-refractivity contribution in [2.75, 3.05) is 0 Å². The number of esters is 1. The molecule has 1 aromatic heterocycles. The number of para-hydroxylation sites is 1. The van der Waals surface area contributed by atoms with Crippen LogP contribution in [0.15, 0.2) is 89.4 Å². The van der Waals surface area contributed by atoms with Gasteiger partial charge in [0.2, 0.25) is 0 Å². The molecule has 0 radical (unpaired) electrons. The predicted molar refractivity (Wildman–Crippen MR) is 126 cm³/mol. The van der Waals surface area contributed by atoms with Crippen molar-refractivity contribution in [3.05, 3.63) is 101 Å². The smallest absolute Gasteiger partial charge is 0.342 e. The van der Waals surface area contributed by atoms with E-state index in [-0.39, 0.29) is 17.9 Å². The van der Waals surface area contributed by atoms with E-state index in [1.807, 2.05) is 78.9 Å². The molecule has 1 heterocycles. The van der Waals surface area contributed by atoms with Crippen LogP contribution < -0.4 is 0 Å². The molecule has 0 bridgehead atoms. The van der Waals surface area contributed by atoms with Crippen LogP contribution in [0.5, 0.6) is 5.75 Å². The number of rotatable bonds is 4. The Morgan fingerprint density at radius 3 is 2.42 bits per heavy atom. The average molecular weight is 472 g/mol. The van der Waals surface area contributed by atoms with Crippen LogP contribution in [-0.2, 0) is 11.3 Å². The number of carbonyl (C=O) groups is 1. The first-order valence-corrected chi connectivity index (χ1v) is 10.6. The van der Waals surface area contributed by atoms with E-state index in [4.69, 9.17) is 4.74 Å². The van der Waals surface area contributed by atoms with Crippen LogP contribution in [0.4, 0.5) is 0 Å². The molecule has 0 saturated carbocycles. The van der Waals surface area contributed by atoms with E-state index in [1.54, 1.807) is 6.07 Å². The lowest BCUT2D eigenvalue weighted by atomic mass is 9.97. The Morgan fingerprint density at radius 2 is 1.61 bits per heavy atom. The van der Waals surface area contributed by atoms with Gasteiger partial charge in [-0.3, -0.25) is 0 Å². The Hall–Kier alpha value is -3.57. The van der Waals surface area contributed by atoms with Gasteiger partial charge in [-0.25, -0.2) is 4.79 Å². The Labute approximate surface area is 187 Å². The highest BCUT2D eigenvalue weighted by molar-refractivity contribution is 9.10. The van der Waals surface area contributed by atoms with Gasteiger partial charge in [-0.05, 0) is 29.3 Å². The minimum absolute atomic E-state index is 0.110. The number of hydrogen-bond acceptors (Lipinski definition) is 3.